The van der Waals surface area contributed by atoms with Crippen molar-refractivity contribution in [1.82, 2.24) is 15.0 Å². The summed E-state index contributed by atoms with van der Waals surface area (Å²) in [6.07, 6.45) is 0. The number of aromatic nitrogens is 3. The van der Waals surface area contributed by atoms with Crippen molar-refractivity contribution in [3.8, 4) is 11.4 Å². The average molecular weight is 266 g/mol. The van der Waals surface area contributed by atoms with Gasteiger partial charge < -0.3 is 4.74 Å². The van der Waals surface area contributed by atoms with Gasteiger partial charge in [0.1, 0.15) is 16.8 Å². The number of hydrogen-bond acceptors (Lipinski definition) is 4. The summed E-state index contributed by atoms with van der Waals surface area (Å²) in [5.41, 5.74) is 4.81. The molecule has 1 radical (unpaired) electrons. The molecule has 0 saturated heterocycles. The van der Waals surface area contributed by atoms with E-state index in [2.05, 4.69) is 21.0 Å². The minimum absolute atomic E-state index is 0.437. The monoisotopic (exact) mass is 266 g/mol. The number of nitrogens with zero attached hydrogens (tertiary/aromatic N) is 3. The van der Waals surface area contributed by atoms with E-state index in [0.717, 1.165) is 27.8 Å². The summed E-state index contributed by atoms with van der Waals surface area (Å²) in [6.45, 7) is 5.44. The summed E-state index contributed by atoms with van der Waals surface area (Å²) in [6, 6.07) is 11.0. The fourth-order valence-electron chi connectivity index (χ4n) is 2.17. The normalized spacial score (nSPS) is 10.7. The Bertz CT molecular complexity index is 776. The number of benzene rings is 2. The molecule has 2 aromatic carbocycles. The van der Waals surface area contributed by atoms with Crippen molar-refractivity contribution in [2.24, 2.45) is 0 Å². The largest absolute Gasteiger partial charge is 0.423 e. The van der Waals surface area contributed by atoms with Crippen LogP contribution >= 0.6 is 0 Å². The molecule has 0 fully saturated rings. The number of rotatable bonds is 3. The fraction of sp³-hybridized carbons (Fsp3) is 0.133. The summed E-state index contributed by atoms with van der Waals surface area (Å²) >= 11 is 0. The van der Waals surface area contributed by atoms with E-state index in [4.69, 9.17) is 0 Å². The van der Waals surface area contributed by atoms with E-state index in [9.17, 15) is 4.79 Å². The lowest BCUT2D eigenvalue weighted by Gasteiger charge is -2.00. The third kappa shape index (κ3) is 2.14. The van der Waals surface area contributed by atoms with Gasteiger partial charge >= 0.3 is 6.47 Å². The molecule has 0 saturated carbocycles. The van der Waals surface area contributed by atoms with Crippen LogP contribution in [0.15, 0.2) is 36.4 Å². The van der Waals surface area contributed by atoms with Crippen molar-refractivity contribution in [3.05, 3.63) is 47.5 Å². The molecule has 0 aliphatic heterocycles. The van der Waals surface area contributed by atoms with E-state index in [-0.39, 0.29) is 0 Å². The Morgan fingerprint density at radius 1 is 1.10 bits per heavy atom. The second-order valence-electron chi connectivity index (χ2n) is 4.62. The lowest BCUT2D eigenvalue weighted by Crippen LogP contribution is -1.98. The quantitative estimate of drug-likeness (QED) is 0.730. The number of fused-ring (bicyclic) bond motifs is 1. The first-order valence-electron chi connectivity index (χ1n) is 6.16. The van der Waals surface area contributed by atoms with E-state index >= 15 is 0 Å². The van der Waals surface area contributed by atoms with E-state index in [1.807, 2.05) is 19.9 Å². The van der Waals surface area contributed by atoms with Gasteiger partial charge in [-0.1, -0.05) is 6.07 Å². The van der Waals surface area contributed by atoms with E-state index in [1.165, 1.54) is 6.47 Å². The van der Waals surface area contributed by atoms with Crippen molar-refractivity contribution < 1.29 is 9.53 Å². The van der Waals surface area contributed by atoms with Crippen LogP contribution in [-0.2, 0) is 4.79 Å². The summed E-state index contributed by atoms with van der Waals surface area (Å²) in [5, 5.41) is 8.95. The predicted octanol–water partition coefficient (Wildman–Crippen LogP) is 2.48. The molecule has 0 bridgehead atoms. The highest BCUT2D eigenvalue weighted by Gasteiger charge is 2.08. The van der Waals surface area contributed by atoms with Crippen molar-refractivity contribution in [2.75, 3.05) is 0 Å². The molecule has 5 nitrogen and oxygen atoms in total. The zero-order valence-corrected chi connectivity index (χ0v) is 11.1. The Morgan fingerprint density at radius 2 is 1.85 bits per heavy atom. The van der Waals surface area contributed by atoms with Gasteiger partial charge in [0.15, 0.2) is 0 Å². The maximum atomic E-state index is 10.1. The molecule has 0 unspecified atom stereocenters. The lowest BCUT2D eigenvalue weighted by molar-refractivity contribution is 0.442. The first-order valence-corrected chi connectivity index (χ1v) is 6.16. The predicted molar refractivity (Wildman–Crippen MR) is 74.7 cm³/mol. The van der Waals surface area contributed by atoms with Gasteiger partial charge in [0, 0.05) is 0 Å². The van der Waals surface area contributed by atoms with Gasteiger partial charge in [0.2, 0.25) is 0 Å². The van der Waals surface area contributed by atoms with Crippen LogP contribution in [0.5, 0.6) is 5.75 Å². The van der Waals surface area contributed by atoms with Gasteiger partial charge in [0.05, 0.1) is 5.69 Å². The average Bonchev–Trinajstić information content (AvgIpc) is 2.84. The maximum Gasteiger partial charge on any atom is 0.423 e. The third-order valence-corrected chi connectivity index (χ3v) is 3.05. The van der Waals surface area contributed by atoms with Gasteiger partial charge in [-0.2, -0.15) is 4.80 Å². The number of aryl methyl sites for hydroxylation is 2. The molecule has 0 atom stereocenters. The van der Waals surface area contributed by atoms with E-state index in [1.54, 1.807) is 29.1 Å². The molecule has 1 aromatic heterocycles. The van der Waals surface area contributed by atoms with Crippen LogP contribution in [0, 0.1) is 13.8 Å². The number of carbonyl (C=O) groups excluding carboxylic acids is 1. The Hall–Kier alpha value is -2.69. The van der Waals surface area contributed by atoms with Gasteiger partial charge in [0.25, 0.3) is 0 Å². The second-order valence-corrected chi connectivity index (χ2v) is 4.62. The van der Waals surface area contributed by atoms with Gasteiger partial charge in [-0.05, 0) is 55.3 Å². The van der Waals surface area contributed by atoms with Gasteiger partial charge in [-0.3, -0.25) is 0 Å². The summed E-state index contributed by atoms with van der Waals surface area (Å²) < 4.78 is 4.63. The van der Waals surface area contributed by atoms with Crippen molar-refractivity contribution >= 4 is 17.5 Å². The highest BCUT2D eigenvalue weighted by Crippen LogP contribution is 2.19. The molecular formula is C15H12N3O2. The molecule has 5 heteroatoms. The molecule has 0 spiro atoms. The fourth-order valence-corrected chi connectivity index (χ4v) is 2.17. The van der Waals surface area contributed by atoms with Crippen molar-refractivity contribution in [3.63, 3.8) is 0 Å². The molecule has 0 aliphatic carbocycles. The number of ether oxygens (including phenoxy) is 1. The highest BCUT2D eigenvalue weighted by atomic mass is 16.5. The number of hydrogen-bond donors (Lipinski definition) is 0. The molecule has 1 heterocycles. The maximum absolute atomic E-state index is 10.1. The first kappa shape index (κ1) is 12.3. The van der Waals surface area contributed by atoms with Gasteiger partial charge in [-0.15, -0.1) is 10.2 Å². The van der Waals surface area contributed by atoms with Crippen LogP contribution in [0.3, 0.4) is 0 Å². The molecule has 0 aliphatic rings. The van der Waals surface area contributed by atoms with Crippen molar-refractivity contribution in [1.29, 1.82) is 0 Å². The smallest absolute Gasteiger partial charge is 0.418 e. The molecule has 0 amide bonds. The van der Waals surface area contributed by atoms with Crippen LogP contribution in [0.25, 0.3) is 16.7 Å². The van der Waals surface area contributed by atoms with Gasteiger partial charge in [-0.25, -0.2) is 4.79 Å². The molecule has 3 rings (SSSR count). The second kappa shape index (κ2) is 4.77. The molecule has 20 heavy (non-hydrogen) atoms. The van der Waals surface area contributed by atoms with E-state index < -0.39 is 0 Å². The summed E-state index contributed by atoms with van der Waals surface area (Å²) in [7, 11) is 0. The topological polar surface area (TPSA) is 57.0 Å². The Labute approximate surface area is 115 Å². The highest BCUT2D eigenvalue weighted by molar-refractivity contribution is 5.78. The lowest BCUT2D eigenvalue weighted by atomic mass is 10.1. The Kier molecular flexibility index (Phi) is 2.95. The molecule has 99 valence electrons. The zero-order chi connectivity index (χ0) is 14.1. The Balaban J connectivity index is 2.05. The van der Waals surface area contributed by atoms with Crippen LogP contribution < -0.4 is 4.74 Å². The summed E-state index contributed by atoms with van der Waals surface area (Å²) in [4.78, 5) is 11.7. The zero-order valence-electron chi connectivity index (χ0n) is 11.1. The van der Waals surface area contributed by atoms with Crippen LogP contribution in [0.4, 0.5) is 0 Å². The summed E-state index contributed by atoms with van der Waals surface area (Å²) in [5.74, 6) is 0.437. The minimum atomic E-state index is 0.437. The Morgan fingerprint density at radius 3 is 2.55 bits per heavy atom. The molecule has 0 N–H and O–H groups in total. The van der Waals surface area contributed by atoms with Crippen LogP contribution in [-0.4, -0.2) is 21.5 Å². The first-order chi connectivity index (χ1) is 9.67. The van der Waals surface area contributed by atoms with Crippen LogP contribution in [0.2, 0.25) is 0 Å². The standard InChI is InChI=1S/C15H12N3O2/c1-10-7-11(2)15-14(8-10)16-18(17-15)12-3-5-13(6-4-12)20-9-19/h3-8H,1-2H3. The third-order valence-electron chi connectivity index (χ3n) is 3.05. The molecular weight excluding hydrogens is 254 g/mol. The van der Waals surface area contributed by atoms with E-state index in [0.29, 0.717) is 5.75 Å². The molecule has 3 aromatic rings. The van der Waals surface area contributed by atoms with Crippen LogP contribution in [0.1, 0.15) is 11.1 Å². The SMILES string of the molecule is Cc1cc(C)c2nn(-c3ccc(O[C]=O)cc3)nc2c1. The minimum Gasteiger partial charge on any atom is -0.418 e. The van der Waals surface area contributed by atoms with Crippen molar-refractivity contribution in [2.45, 2.75) is 13.8 Å².